The van der Waals surface area contributed by atoms with Gasteiger partial charge in [0.1, 0.15) is 5.82 Å². The third-order valence-electron chi connectivity index (χ3n) is 4.63. The third kappa shape index (κ3) is 6.29. The third-order valence-corrected chi connectivity index (χ3v) is 4.87. The second-order valence-electron chi connectivity index (χ2n) is 8.62. The van der Waals surface area contributed by atoms with E-state index in [1.165, 1.54) is 12.1 Å². The van der Waals surface area contributed by atoms with E-state index in [-0.39, 0.29) is 23.2 Å². The first kappa shape index (κ1) is 21.3. The van der Waals surface area contributed by atoms with Crippen molar-refractivity contribution in [1.29, 1.82) is 0 Å². The predicted octanol–water partition coefficient (Wildman–Crippen LogP) is 5.44. The van der Waals surface area contributed by atoms with Gasteiger partial charge >= 0.3 is 0 Å². The lowest BCUT2D eigenvalue weighted by molar-refractivity contribution is -0.135. The van der Waals surface area contributed by atoms with E-state index in [4.69, 9.17) is 16.4 Å². The zero-order chi connectivity index (χ0) is 21.0. The molecule has 1 amide bonds. The van der Waals surface area contributed by atoms with Crippen molar-refractivity contribution in [2.45, 2.75) is 46.3 Å². The molecule has 0 unspecified atom stereocenters. The van der Waals surface area contributed by atoms with E-state index >= 15 is 0 Å². The number of hydrogen-bond donors (Lipinski definition) is 0. The van der Waals surface area contributed by atoms with E-state index in [2.05, 4.69) is 5.16 Å². The van der Waals surface area contributed by atoms with Gasteiger partial charge in [-0.2, -0.15) is 0 Å². The summed E-state index contributed by atoms with van der Waals surface area (Å²) >= 11 is 6.11. The van der Waals surface area contributed by atoms with Crippen molar-refractivity contribution in [3.05, 3.63) is 70.5 Å². The van der Waals surface area contributed by atoms with Crippen molar-refractivity contribution in [3.63, 3.8) is 0 Å². The topological polar surface area (TPSA) is 41.9 Å². The molecule has 6 heteroatoms. The average Bonchev–Trinajstić information content (AvgIpc) is 3.09. The normalized spacial score (nSPS) is 16.3. The molecule has 0 aromatic heterocycles. The maximum atomic E-state index is 13.2. The molecule has 0 aliphatic carbocycles. The van der Waals surface area contributed by atoms with E-state index in [0.717, 1.165) is 16.8 Å². The van der Waals surface area contributed by atoms with Crippen LogP contribution in [0.3, 0.4) is 0 Å². The molecule has 0 bridgehead atoms. The van der Waals surface area contributed by atoms with Crippen molar-refractivity contribution < 1.29 is 14.0 Å². The number of oxime groups is 1. The van der Waals surface area contributed by atoms with Crippen LogP contribution >= 0.6 is 11.6 Å². The summed E-state index contributed by atoms with van der Waals surface area (Å²) in [4.78, 5) is 20.4. The van der Waals surface area contributed by atoms with E-state index in [1.54, 1.807) is 12.1 Å². The highest BCUT2D eigenvalue weighted by Crippen LogP contribution is 2.24. The summed E-state index contributed by atoms with van der Waals surface area (Å²) in [5.41, 5.74) is 2.45. The molecule has 4 nitrogen and oxygen atoms in total. The molecule has 0 fully saturated rings. The van der Waals surface area contributed by atoms with Crippen LogP contribution < -0.4 is 0 Å². The molecular weight excluding hydrogens is 391 g/mol. The first-order valence-electron chi connectivity index (χ1n) is 9.70. The fraction of sp³-hybridized carbons (Fsp3) is 0.391. The lowest BCUT2D eigenvalue weighted by Gasteiger charge is -2.28. The summed E-state index contributed by atoms with van der Waals surface area (Å²) in [5, 5.41) is 4.80. The second-order valence-corrected chi connectivity index (χ2v) is 9.05. The van der Waals surface area contributed by atoms with Crippen molar-refractivity contribution >= 4 is 23.2 Å². The molecule has 154 valence electrons. The molecule has 1 heterocycles. The van der Waals surface area contributed by atoms with Gasteiger partial charge in [0.25, 0.3) is 0 Å². The van der Waals surface area contributed by atoms with Crippen LogP contribution in [-0.2, 0) is 16.2 Å². The Labute approximate surface area is 176 Å². The zero-order valence-corrected chi connectivity index (χ0v) is 17.7. The summed E-state index contributed by atoms with van der Waals surface area (Å²) in [7, 11) is 0. The Morgan fingerprint density at radius 2 is 1.97 bits per heavy atom. The number of halogens is 2. The lowest BCUT2D eigenvalue weighted by atomic mass is 9.91. The molecule has 2 aromatic rings. The number of carbonyl (C=O) groups excluding carboxylic acids is 1. The number of amides is 1. The van der Waals surface area contributed by atoms with Crippen molar-refractivity contribution in [3.8, 4) is 0 Å². The molecule has 0 N–H and O–H groups in total. The number of carbonyl (C=O) groups is 1. The summed E-state index contributed by atoms with van der Waals surface area (Å²) in [6.07, 6.45) is 0.769. The highest BCUT2D eigenvalue weighted by Gasteiger charge is 2.28. The van der Waals surface area contributed by atoms with Gasteiger partial charge in [-0.25, -0.2) is 4.39 Å². The number of nitrogens with zero attached hydrogens (tertiary/aromatic N) is 2. The van der Waals surface area contributed by atoms with Crippen molar-refractivity contribution in [2.24, 2.45) is 10.6 Å². The smallest absolute Gasteiger partial charge is 0.223 e. The predicted molar refractivity (Wildman–Crippen MR) is 113 cm³/mol. The highest BCUT2D eigenvalue weighted by atomic mass is 35.5. The summed E-state index contributed by atoms with van der Waals surface area (Å²) < 4.78 is 13.2. The first-order valence-corrected chi connectivity index (χ1v) is 10.1. The molecule has 0 spiro atoms. The van der Waals surface area contributed by atoms with Gasteiger partial charge in [-0.1, -0.05) is 61.8 Å². The lowest BCUT2D eigenvalue weighted by Crippen LogP contribution is -2.38. The van der Waals surface area contributed by atoms with Gasteiger partial charge in [0.05, 0.1) is 12.3 Å². The van der Waals surface area contributed by atoms with E-state index in [0.29, 0.717) is 31.0 Å². The van der Waals surface area contributed by atoms with Gasteiger partial charge in [-0.15, -0.1) is 0 Å². The first-order chi connectivity index (χ1) is 13.7. The Hall–Kier alpha value is -2.40. The fourth-order valence-corrected chi connectivity index (χ4v) is 3.47. The minimum atomic E-state index is -0.287. The van der Waals surface area contributed by atoms with Gasteiger partial charge < -0.3 is 9.74 Å². The summed E-state index contributed by atoms with van der Waals surface area (Å²) in [5.74, 6) is -0.221. The van der Waals surface area contributed by atoms with Crippen LogP contribution in [0.25, 0.3) is 0 Å². The fourth-order valence-electron chi connectivity index (χ4n) is 3.26. The van der Waals surface area contributed by atoms with Crippen LogP contribution in [0, 0.1) is 11.2 Å². The van der Waals surface area contributed by atoms with Crippen LogP contribution in [-0.4, -0.2) is 29.2 Å². The Morgan fingerprint density at radius 3 is 2.62 bits per heavy atom. The van der Waals surface area contributed by atoms with E-state index in [9.17, 15) is 9.18 Å². The molecule has 1 aliphatic heterocycles. The van der Waals surface area contributed by atoms with Crippen LogP contribution in [0.2, 0.25) is 5.02 Å². The molecule has 0 radical (unpaired) electrons. The molecule has 0 saturated heterocycles. The zero-order valence-electron chi connectivity index (χ0n) is 17.0. The molecule has 1 atom stereocenters. The largest absolute Gasteiger partial charge is 0.390 e. The Morgan fingerprint density at radius 1 is 1.24 bits per heavy atom. The quantitative estimate of drug-likeness (QED) is 0.629. The monoisotopic (exact) mass is 416 g/mol. The van der Waals surface area contributed by atoms with Gasteiger partial charge in [-0.05, 0) is 40.8 Å². The molecule has 3 rings (SSSR count). The standard InChI is InChI=1S/C23H26ClFN2O2/c1-23(2,3)13-22(28)27(14-16-5-4-6-18(24)11-16)15-20-12-21(26-29-20)17-7-9-19(25)10-8-17/h4-11,20H,12-15H2,1-3H3/t20-/m1/s1. The molecule has 29 heavy (non-hydrogen) atoms. The van der Waals surface area contributed by atoms with Crippen LogP contribution in [0.15, 0.2) is 53.7 Å². The number of hydrogen-bond acceptors (Lipinski definition) is 3. The number of rotatable bonds is 6. The molecular formula is C23H26ClFN2O2. The number of benzene rings is 2. The second kappa shape index (κ2) is 8.95. The van der Waals surface area contributed by atoms with Gasteiger partial charge in [0.15, 0.2) is 6.10 Å². The van der Waals surface area contributed by atoms with Crippen LogP contribution in [0.5, 0.6) is 0 Å². The Kier molecular flexibility index (Phi) is 6.58. The minimum Gasteiger partial charge on any atom is -0.390 e. The average molecular weight is 417 g/mol. The molecule has 0 saturated carbocycles. The maximum Gasteiger partial charge on any atom is 0.223 e. The maximum absolute atomic E-state index is 13.2. The highest BCUT2D eigenvalue weighted by molar-refractivity contribution is 6.30. The van der Waals surface area contributed by atoms with Crippen LogP contribution in [0.1, 0.15) is 44.7 Å². The van der Waals surface area contributed by atoms with Gasteiger partial charge in [-0.3, -0.25) is 4.79 Å². The Bertz CT molecular complexity index is 890. The van der Waals surface area contributed by atoms with Crippen molar-refractivity contribution in [1.82, 2.24) is 4.90 Å². The molecule has 2 aromatic carbocycles. The minimum absolute atomic E-state index is 0.0660. The summed E-state index contributed by atoms with van der Waals surface area (Å²) in [6, 6.07) is 13.7. The van der Waals surface area contributed by atoms with E-state index < -0.39 is 0 Å². The van der Waals surface area contributed by atoms with Crippen LogP contribution in [0.4, 0.5) is 4.39 Å². The molecule has 1 aliphatic rings. The van der Waals surface area contributed by atoms with E-state index in [1.807, 2.05) is 49.9 Å². The van der Waals surface area contributed by atoms with Crippen molar-refractivity contribution in [2.75, 3.05) is 6.54 Å². The van der Waals surface area contributed by atoms with Gasteiger partial charge in [0.2, 0.25) is 5.91 Å². The SMILES string of the molecule is CC(C)(C)CC(=O)N(Cc1cccc(Cl)c1)C[C@H]1CC(c2ccc(F)cc2)=NO1. The van der Waals surface area contributed by atoms with Gasteiger partial charge in [0, 0.05) is 24.4 Å². The summed E-state index contributed by atoms with van der Waals surface area (Å²) in [6.45, 7) is 7.02. The Balaban J connectivity index is 1.69.